The molecule has 0 atom stereocenters. The fourth-order valence-electron chi connectivity index (χ4n) is 2.61. The molecule has 5 heteroatoms. The Balaban J connectivity index is 1.72. The first-order valence-electron chi connectivity index (χ1n) is 8.62. The number of anilines is 1. The molecule has 0 bridgehead atoms. The van der Waals surface area contributed by atoms with Crippen LogP contribution >= 0.6 is 0 Å². The molecular weight excluding hydrogens is 354 g/mol. The van der Waals surface area contributed by atoms with Crippen LogP contribution in [0, 0.1) is 0 Å². The third-order valence-electron chi connectivity index (χ3n) is 4.07. The largest absolute Gasteiger partial charge is 0.504 e. The van der Waals surface area contributed by atoms with Gasteiger partial charge >= 0.3 is 0 Å². The number of ketones is 1. The monoisotopic (exact) mass is 373 g/mol. The molecule has 0 aliphatic carbocycles. The number of carbonyl (C=O) groups is 2. The van der Waals surface area contributed by atoms with E-state index in [1.54, 1.807) is 66.7 Å². The molecule has 28 heavy (non-hydrogen) atoms. The molecule has 3 aromatic rings. The van der Waals surface area contributed by atoms with Gasteiger partial charge < -0.3 is 15.2 Å². The van der Waals surface area contributed by atoms with Crippen molar-refractivity contribution in [1.29, 1.82) is 0 Å². The van der Waals surface area contributed by atoms with Crippen LogP contribution in [0.5, 0.6) is 11.5 Å². The number of hydrogen-bond donors (Lipinski definition) is 2. The van der Waals surface area contributed by atoms with E-state index in [0.717, 1.165) is 5.56 Å². The van der Waals surface area contributed by atoms with Crippen molar-refractivity contribution < 1.29 is 19.4 Å². The van der Waals surface area contributed by atoms with Gasteiger partial charge in [0.2, 0.25) is 0 Å². The van der Waals surface area contributed by atoms with Crippen LogP contribution in [0.15, 0.2) is 78.9 Å². The molecule has 0 spiro atoms. The molecule has 0 aliphatic heterocycles. The number of methoxy groups -OCH3 is 1. The minimum Gasteiger partial charge on any atom is -0.504 e. The maximum absolute atomic E-state index is 12.5. The number of aromatic hydroxyl groups is 1. The van der Waals surface area contributed by atoms with E-state index in [-0.39, 0.29) is 17.4 Å². The summed E-state index contributed by atoms with van der Waals surface area (Å²) in [6.07, 6.45) is 3.07. The van der Waals surface area contributed by atoms with Gasteiger partial charge in [0.05, 0.1) is 7.11 Å². The lowest BCUT2D eigenvalue weighted by molar-refractivity contribution is 0.102. The maximum atomic E-state index is 12.5. The summed E-state index contributed by atoms with van der Waals surface area (Å²) in [6.45, 7) is 0. The van der Waals surface area contributed by atoms with Crippen LogP contribution in [-0.4, -0.2) is 23.9 Å². The highest BCUT2D eigenvalue weighted by molar-refractivity contribution is 6.08. The number of phenolic OH excluding ortho intramolecular Hbond substituents is 1. The first kappa shape index (κ1) is 18.9. The van der Waals surface area contributed by atoms with Crippen molar-refractivity contribution in [2.75, 3.05) is 12.4 Å². The Labute approximate surface area is 162 Å². The van der Waals surface area contributed by atoms with Crippen LogP contribution in [0.25, 0.3) is 6.08 Å². The Morgan fingerprint density at radius 3 is 2.43 bits per heavy atom. The minimum absolute atomic E-state index is 0.0350. The molecule has 0 saturated heterocycles. The number of allylic oxidation sites excluding steroid dienone is 1. The lowest BCUT2D eigenvalue weighted by Gasteiger charge is -2.06. The quantitative estimate of drug-likeness (QED) is 0.491. The highest BCUT2D eigenvalue weighted by Gasteiger charge is 2.08. The highest BCUT2D eigenvalue weighted by Crippen LogP contribution is 2.26. The average Bonchev–Trinajstić information content (AvgIpc) is 2.73. The summed E-state index contributed by atoms with van der Waals surface area (Å²) in [7, 11) is 1.46. The summed E-state index contributed by atoms with van der Waals surface area (Å²) in [5.74, 6) is -0.0761. The molecule has 3 rings (SSSR count). The standard InChI is InChI=1S/C23H19NO4/c1-28-22-14-16(11-13-21(22)26)10-12-20(25)18-8-5-9-19(15-18)24-23(27)17-6-3-2-4-7-17/h2-15,26H,1H3,(H,24,27)/b12-10+. The summed E-state index contributed by atoms with van der Waals surface area (Å²) in [6, 6.07) is 20.4. The summed E-state index contributed by atoms with van der Waals surface area (Å²) in [5, 5.41) is 12.4. The zero-order valence-electron chi connectivity index (χ0n) is 15.3. The van der Waals surface area contributed by atoms with Crippen molar-refractivity contribution in [2.45, 2.75) is 0 Å². The summed E-state index contributed by atoms with van der Waals surface area (Å²) >= 11 is 0. The molecule has 0 unspecified atom stereocenters. The number of benzene rings is 3. The van der Waals surface area contributed by atoms with Crippen molar-refractivity contribution in [3.05, 3.63) is 95.6 Å². The van der Waals surface area contributed by atoms with Gasteiger partial charge in [-0.3, -0.25) is 9.59 Å². The minimum atomic E-state index is -0.239. The van der Waals surface area contributed by atoms with E-state index in [0.29, 0.717) is 22.6 Å². The molecule has 5 nitrogen and oxygen atoms in total. The summed E-state index contributed by atoms with van der Waals surface area (Å²) in [5.41, 5.74) is 2.25. The van der Waals surface area contributed by atoms with Gasteiger partial charge in [-0.05, 0) is 48.0 Å². The second-order valence-corrected chi connectivity index (χ2v) is 6.03. The first-order chi connectivity index (χ1) is 13.6. The van der Waals surface area contributed by atoms with Crippen LogP contribution in [-0.2, 0) is 0 Å². The highest BCUT2D eigenvalue weighted by atomic mass is 16.5. The van der Waals surface area contributed by atoms with E-state index < -0.39 is 0 Å². The molecule has 0 aromatic heterocycles. The molecular formula is C23H19NO4. The Morgan fingerprint density at radius 2 is 1.68 bits per heavy atom. The molecule has 0 saturated carbocycles. The molecule has 1 amide bonds. The number of amides is 1. The van der Waals surface area contributed by atoms with E-state index in [1.165, 1.54) is 19.3 Å². The number of carbonyl (C=O) groups excluding carboxylic acids is 2. The predicted molar refractivity (Wildman–Crippen MR) is 109 cm³/mol. The number of phenols is 1. The second kappa shape index (κ2) is 8.68. The molecule has 0 heterocycles. The zero-order valence-corrected chi connectivity index (χ0v) is 15.3. The number of ether oxygens (including phenoxy) is 1. The van der Waals surface area contributed by atoms with E-state index in [9.17, 15) is 14.7 Å². The third-order valence-corrected chi connectivity index (χ3v) is 4.07. The van der Waals surface area contributed by atoms with E-state index in [4.69, 9.17) is 4.74 Å². The smallest absolute Gasteiger partial charge is 0.255 e. The van der Waals surface area contributed by atoms with E-state index in [2.05, 4.69) is 5.32 Å². The maximum Gasteiger partial charge on any atom is 0.255 e. The van der Waals surface area contributed by atoms with Gasteiger partial charge in [0.15, 0.2) is 17.3 Å². The number of rotatable bonds is 6. The SMILES string of the molecule is COc1cc(/C=C/C(=O)c2cccc(NC(=O)c3ccccc3)c2)ccc1O. The fourth-order valence-corrected chi connectivity index (χ4v) is 2.61. The van der Waals surface area contributed by atoms with Crippen molar-refractivity contribution in [2.24, 2.45) is 0 Å². The van der Waals surface area contributed by atoms with Crippen LogP contribution in [0.1, 0.15) is 26.3 Å². The van der Waals surface area contributed by atoms with Gasteiger partial charge in [0.1, 0.15) is 0 Å². The van der Waals surface area contributed by atoms with Crippen molar-refractivity contribution in [3.8, 4) is 11.5 Å². The van der Waals surface area contributed by atoms with E-state index >= 15 is 0 Å². The third kappa shape index (κ3) is 4.65. The summed E-state index contributed by atoms with van der Waals surface area (Å²) < 4.78 is 5.06. The average molecular weight is 373 g/mol. The Hall–Kier alpha value is -3.86. The lowest BCUT2D eigenvalue weighted by Crippen LogP contribution is -2.12. The predicted octanol–water partition coefficient (Wildman–Crippen LogP) is 4.55. The molecule has 3 aromatic carbocycles. The van der Waals surface area contributed by atoms with Gasteiger partial charge in [-0.15, -0.1) is 0 Å². The van der Waals surface area contributed by atoms with Gasteiger partial charge in [0, 0.05) is 16.8 Å². The van der Waals surface area contributed by atoms with Crippen molar-refractivity contribution >= 4 is 23.5 Å². The number of nitrogens with one attached hydrogen (secondary N) is 1. The number of hydrogen-bond acceptors (Lipinski definition) is 4. The molecule has 0 radical (unpaired) electrons. The lowest BCUT2D eigenvalue weighted by atomic mass is 10.1. The molecule has 0 fully saturated rings. The molecule has 0 aliphatic rings. The zero-order chi connectivity index (χ0) is 19.9. The Kier molecular flexibility index (Phi) is 5.87. The van der Waals surface area contributed by atoms with E-state index in [1.807, 2.05) is 6.07 Å². The van der Waals surface area contributed by atoms with Crippen molar-refractivity contribution in [1.82, 2.24) is 0 Å². The second-order valence-electron chi connectivity index (χ2n) is 6.03. The first-order valence-corrected chi connectivity index (χ1v) is 8.62. The van der Waals surface area contributed by atoms with Crippen LogP contribution in [0.2, 0.25) is 0 Å². The Bertz CT molecular complexity index is 1030. The van der Waals surface area contributed by atoms with Gasteiger partial charge in [-0.1, -0.05) is 42.5 Å². The fraction of sp³-hybridized carbons (Fsp3) is 0.0435. The summed E-state index contributed by atoms with van der Waals surface area (Å²) in [4.78, 5) is 24.7. The van der Waals surface area contributed by atoms with Crippen molar-refractivity contribution in [3.63, 3.8) is 0 Å². The van der Waals surface area contributed by atoms with Crippen LogP contribution < -0.4 is 10.1 Å². The van der Waals surface area contributed by atoms with Crippen LogP contribution in [0.3, 0.4) is 0 Å². The molecule has 2 N–H and O–H groups in total. The van der Waals surface area contributed by atoms with Gasteiger partial charge in [-0.2, -0.15) is 0 Å². The Morgan fingerprint density at radius 1 is 0.929 bits per heavy atom. The normalized spacial score (nSPS) is 10.6. The topological polar surface area (TPSA) is 75.6 Å². The van der Waals surface area contributed by atoms with Crippen LogP contribution in [0.4, 0.5) is 5.69 Å². The van der Waals surface area contributed by atoms with Gasteiger partial charge in [-0.25, -0.2) is 0 Å². The molecule has 140 valence electrons. The van der Waals surface area contributed by atoms with Gasteiger partial charge in [0.25, 0.3) is 5.91 Å².